The van der Waals surface area contributed by atoms with Crippen LogP contribution in [0, 0.1) is 24.1 Å². The monoisotopic (exact) mass is 315 g/mol. The van der Waals surface area contributed by atoms with E-state index in [-0.39, 0.29) is 5.56 Å². The largest absolute Gasteiger partial charge is 0.472 e. The summed E-state index contributed by atoms with van der Waals surface area (Å²) in [7, 11) is 0. The van der Waals surface area contributed by atoms with Gasteiger partial charge >= 0.3 is 0 Å². The van der Waals surface area contributed by atoms with Gasteiger partial charge in [-0.05, 0) is 36.8 Å². The van der Waals surface area contributed by atoms with Crippen molar-refractivity contribution in [2.75, 3.05) is 5.73 Å². The summed E-state index contributed by atoms with van der Waals surface area (Å²) < 4.78 is 17.7. The number of nitrogens with one attached hydrogen (secondary N) is 1. The van der Waals surface area contributed by atoms with Crippen LogP contribution in [0.4, 0.5) is 10.1 Å². The van der Waals surface area contributed by atoms with Crippen LogP contribution in [-0.4, -0.2) is 4.98 Å². The van der Waals surface area contributed by atoms with Gasteiger partial charge in [0.2, 0.25) is 0 Å². The van der Waals surface area contributed by atoms with Gasteiger partial charge in [0.05, 0.1) is 18.1 Å². The third kappa shape index (κ3) is 3.71. The van der Waals surface area contributed by atoms with Gasteiger partial charge in [0.15, 0.2) is 0 Å². The molecule has 0 aliphatic carbocycles. The number of nitrogens with zero attached hydrogens (tertiary/aromatic N) is 1. The molecule has 0 unspecified atom stereocenters. The van der Waals surface area contributed by atoms with Crippen LogP contribution in [0.3, 0.4) is 0 Å². The first-order valence-electron chi connectivity index (χ1n) is 6.37. The maximum atomic E-state index is 12.7. The summed E-state index contributed by atoms with van der Waals surface area (Å²) in [5.41, 5.74) is 8.61. The Balaban J connectivity index is 0.000000160. The first kappa shape index (κ1) is 15.7. The molecular formula is C16H14FN3OS. The molecule has 0 atom stereocenters. The van der Waals surface area contributed by atoms with Gasteiger partial charge < -0.3 is 15.1 Å². The Kier molecular flexibility index (Phi) is 4.92. The first-order chi connectivity index (χ1) is 10.5. The molecule has 6 heteroatoms. The molecule has 0 spiro atoms. The molecule has 3 rings (SSSR count). The van der Waals surface area contributed by atoms with E-state index in [1.807, 2.05) is 18.3 Å². The molecule has 0 fully saturated rings. The summed E-state index contributed by atoms with van der Waals surface area (Å²) >= 11 is 4.17. The van der Waals surface area contributed by atoms with E-state index in [0.717, 1.165) is 27.8 Å². The van der Waals surface area contributed by atoms with Crippen LogP contribution in [0.5, 0.6) is 0 Å². The highest BCUT2D eigenvalue weighted by Crippen LogP contribution is 2.20. The molecular weight excluding hydrogens is 301 g/mol. The minimum Gasteiger partial charge on any atom is -0.472 e. The Hall–Kier alpha value is -2.65. The molecule has 4 nitrogen and oxygen atoms in total. The summed E-state index contributed by atoms with van der Waals surface area (Å²) in [4.78, 5) is 4.00. The fourth-order valence-electron chi connectivity index (χ4n) is 1.75. The number of thiol groups is 1. The molecule has 3 aromatic rings. The lowest BCUT2D eigenvalue weighted by atomic mass is 10.1. The zero-order chi connectivity index (χ0) is 16.1. The van der Waals surface area contributed by atoms with E-state index in [1.54, 1.807) is 25.5 Å². The number of rotatable bonds is 1. The second kappa shape index (κ2) is 6.87. The second-order valence-electron chi connectivity index (χ2n) is 4.58. The number of anilines is 1. The molecule has 0 radical (unpaired) electrons. The maximum absolute atomic E-state index is 12.7. The zero-order valence-corrected chi connectivity index (χ0v) is 12.7. The number of aromatic nitrogens is 1. The molecule has 0 aliphatic rings. The van der Waals surface area contributed by atoms with E-state index < -0.39 is 5.82 Å². The van der Waals surface area contributed by atoms with Crippen LogP contribution in [0.1, 0.15) is 11.1 Å². The number of nitrogen functional groups attached to an aromatic ring is 1. The highest BCUT2D eigenvalue weighted by Gasteiger charge is 2.03. The predicted octanol–water partition coefficient (Wildman–Crippen LogP) is 4.15. The Labute approximate surface area is 132 Å². The Morgan fingerprint density at radius 1 is 1.36 bits per heavy atom. The van der Waals surface area contributed by atoms with Crippen LogP contribution < -0.4 is 5.73 Å². The molecule has 0 bridgehead atoms. The number of halogens is 1. The number of benzene rings is 1. The van der Waals surface area contributed by atoms with Crippen LogP contribution >= 0.6 is 12.6 Å². The van der Waals surface area contributed by atoms with E-state index in [0.29, 0.717) is 5.69 Å². The van der Waals surface area contributed by atoms with Gasteiger partial charge in [0, 0.05) is 28.0 Å². The van der Waals surface area contributed by atoms with E-state index in [4.69, 9.17) is 15.4 Å². The van der Waals surface area contributed by atoms with E-state index in [9.17, 15) is 4.39 Å². The number of hydrogen-bond donors (Lipinski definition) is 3. The highest BCUT2D eigenvalue weighted by molar-refractivity contribution is 7.80. The minimum absolute atomic E-state index is 0.0386. The molecule has 1 aromatic carbocycles. The van der Waals surface area contributed by atoms with Crippen molar-refractivity contribution in [3.8, 4) is 17.3 Å². The maximum Gasteiger partial charge on any atom is 0.143 e. The van der Waals surface area contributed by atoms with Crippen molar-refractivity contribution in [3.05, 3.63) is 59.9 Å². The topological polar surface area (TPSA) is 78.7 Å². The Bertz CT molecular complexity index is 803. The van der Waals surface area contributed by atoms with E-state index in [1.165, 1.54) is 6.07 Å². The molecule has 22 heavy (non-hydrogen) atoms. The normalized spacial score (nSPS) is 9.73. The van der Waals surface area contributed by atoms with Gasteiger partial charge in [0.25, 0.3) is 0 Å². The standard InChI is InChI=1S/C8H7FN2.C8H7NOS/c1-5-2-6(4-10)7(9)3-8(5)11;11-7-3-8(9-4-7)6-1-2-10-5-6/h2-3H,11H2,1H3;1-5,9,11H. The third-order valence-corrected chi connectivity index (χ3v) is 3.23. The van der Waals surface area contributed by atoms with Gasteiger partial charge in [-0.25, -0.2) is 4.39 Å². The first-order valence-corrected chi connectivity index (χ1v) is 6.81. The van der Waals surface area contributed by atoms with Crippen molar-refractivity contribution in [2.24, 2.45) is 0 Å². The number of H-pyrrole nitrogens is 1. The number of nitriles is 1. The molecule has 0 amide bonds. The van der Waals surface area contributed by atoms with Crippen LogP contribution in [0.2, 0.25) is 0 Å². The van der Waals surface area contributed by atoms with Crippen molar-refractivity contribution >= 4 is 18.3 Å². The van der Waals surface area contributed by atoms with Crippen molar-refractivity contribution < 1.29 is 8.81 Å². The number of furan rings is 1. The van der Waals surface area contributed by atoms with Gasteiger partial charge in [-0.15, -0.1) is 12.6 Å². The number of aromatic amines is 1. The zero-order valence-electron chi connectivity index (χ0n) is 11.8. The summed E-state index contributed by atoms with van der Waals surface area (Å²) in [5, 5.41) is 8.40. The smallest absolute Gasteiger partial charge is 0.143 e. The van der Waals surface area contributed by atoms with Crippen LogP contribution in [-0.2, 0) is 0 Å². The van der Waals surface area contributed by atoms with Crippen LogP contribution in [0.15, 0.2) is 52.3 Å². The third-order valence-electron chi connectivity index (χ3n) is 2.98. The summed E-state index contributed by atoms with van der Waals surface area (Å²) in [5.74, 6) is -0.560. The summed E-state index contributed by atoms with van der Waals surface area (Å²) in [6.07, 6.45) is 5.18. The molecule has 2 aromatic heterocycles. The lowest BCUT2D eigenvalue weighted by Crippen LogP contribution is -1.93. The second-order valence-corrected chi connectivity index (χ2v) is 5.10. The quantitative estimate of drug-likeness (QED) is 0.466. The van der Waals surface area contributed by atoms with Gasteiger partial charge in [0.1, 0.15) is 11.9 Å². The van der Waals surface area contributed by atoms with Crippen molar-refractivity contribution in [1.29, 1.82) is 5.26 Å². The fraction of sp³-hybridized carbons (Fsp3) is 0.0625. The number of aryl methyl sites for hydroxylation is 1. The SMILES string of the molecule is Cc1cc(C#N)c(F)cc1N.Sc1c[nH]c(-c2ccoc2)c1. The molecule has 0 saturated heterocycles. The molecule has 112 valence electrons. The molecule has 3 N–H and O–H groups in total. The number of hydrogen-bond acceptors (Lipinski definition) is 4. The molecule has 2 heterocycles. The minimum atomic E-state index is -0.560. The van der Waals surface area contributed by atoms with Crippen molar-refractivity contribution in [2.45, 2.75) is 11.8 Å². The number of nitrogens with two attached hydrogens (primary N) is 1. The van der Waals surface area contributed by atoms with Gasteiger partial charge in [-0.3, -0.25) is 0 Å². The fourth-order valence-corrected chi connectivity index (χ4v) is 1.94. The predicted molar refractivity (Wildman–Crippen MR) is 86.0 cm³/mol. The summed E-state index contributed by atoms with van der Waals surface area (Å²) in [6.45, 7) is 1.73. The van der Waals surface area contributed by atoms with Crippen LogP contribution in [0.25, 0.3) is 11.3 Å². The lowest BCUT2D eigenvalue weighted by molar-refractivity contribution is 0.568. The molecule has 0 saturated carbocycles. The van der Waals surface area contributed by atoms with Gasteiger partial charge in [-0.1, -0.05) is 0 Å². The van der Waals surface area contributed by atoms with E-state index in [2.05, 4.69) is 17.6 Å². The molecule has 0 aliphatic heterocycles. The van der Waals surface area contributed by atoms with Crippen molar-refractivity contribution in [3.63, 3.8) is 0 Å². The summed E-state index contributed by atoms with van der Waals surface area (Å²) in [6, 6.07) is 8.18. The Morgan fingerprint density at radius 3 is 2.68 bits per heavy atom. The Morgan fingerprint density at radius 2 is 2.14 bits per heavy atom. The average Bonchev–Trinajstić information content (AvgIpc) is 3.14. The van der Waals surface area contributed by atoms with E-state index >= 15 is 0 Å². The van der Waals surface area contributed by atoms with Crippen molar-refractivity contribution in [1.82, 2.24) is 4.98 Å². The lowest BCUT2D eigenvalue weighted by Gasteiger charge is -1.99. The highest BCUT2D eigenvalue weighted by atomic mass is 32.1. The van der Waals surface area contributed by atoms with Gasteiger partial charge in [-0.2, -0.15) is 5.26 Å². The average molecular weight is 315 g/mol.